The topological polar surface area (TPSA) is 58.6 Å². The number of piperidine rings is 1. The molecule has 138 valence electrons. The standard InChI is InChI=1S/C19H24N4O2S/c24-18(22-9-11-25-12-10-22)16-7-4-8-23(14-16)19-20-17(21-26-19)13-15-5-2-1-3-6-15/h1-3,5-6,16H,4,7-14H2. The molecule has 0 N–H and O–H groups in total. The van der Waals surface area contributed by atoms with Crippen LogP contribution in [0.3, 0.4) is 0 Å². The molecule has 2 saturated heterocycles. The molecule has 3 heterocycles. The zero-order valence-electron chi connectivity index (χ0n) is 14.8. The first-order chi connectivity index (χ1) is 12.8. The highest BCUT2D eigenvalue weighted by Crippen LogP contribution is 2.26. The summed E-state index contributed by atoms with van der Waals surface area (Å²) in [5.74, 6) is 1.19. The Labute approximate surface area is 158 Å². The number of aromatic nitrogens is 2. The van der Waals surface area contributed by atoms with Crippen molar-refractivity contribution in [1.29, 1.82) is 0 Å². The molecule has 1 aromatic heterocycles. The zero-order chi connectivity index (χ0) is 17.8. The third-order valence-corrected chi connectivity index (χ3v) is 5.84. The average Bonchev–Trinajstić information content (AvgIpc) is 3.17. The van der Waals surface area contributed by atoms with Crippen molar-refractivity contribution in [1.82, 2.24) is 14.3 Å². The fourth-order valence-electron chi connectivity index (χ4n) is 3.62. The SMILES string of the molecule is O=C(C1CCCN(c2nc(Cc3ccccc3)ns2)C1)N1CCOCC1. The molecule has 26 heavy (non-hydrogen) atoms. The summed E-state index contributed by atoms with van der Waals surface area (Å²) in [5.41, 5.74) is 1.22. The largest absolute Gasteiger partial charge is 0.378 e. The predicted molar refractivity (Wildman–Crippen MR) is 101 cm³/mol. The van der Waals surface area contributed by atoms with Crippen LogP contribution < -0.4 is 4.90 Å². The Kier molecular flexibility index (Phi) is 5.45. The number of rotatable bonds is 4. The predicted octanol–water partition coefficient (Wildman–Crippen LogP) is 2.20. The van der Waals surface area contributed by atoms with Gasteiger partial charge in [-0.15, -0.1) is 0 Å². The fraction of sp³-hybridized carbons (Fsp3) is 0.526. The van der Waals surface area contributed by atoms with E-state index in [9.17, 15) is 4.79 Å². The Balaban J connectivity index is 1.39. The summed E-state index contributed by atoms with van der Waals surface area (Å²) >= 11 is 1.44. The summed E-state index contributed by atoms with van der Waals surface area (Å²) < 4.78 is 9.88. The highest BCUT2D eigenvalue weighted by molar-refractivity contribution is 7.09. The smallest absolute Gasteiger partial charge is 0.227 e. The van der Waals surface area contributed by atoms with E-state index in [1.807, 2.05) is 23.1 Å². The summed E-state index contributed by atoms with van der Waals surface area (Å²) in [7, 11) is 0. The number of amides is 1. The van der Waals surface area contributed by atoms with Gasteiger partial charge in [0.1, 0.15) is 5.82 Å². The second kappa shape index (κ2) is 8.14. The van der Waals surface area contributed by atoms with E-state index < -0.39 is 0 Å². The third kappa shape index (κ3) is 4.04. The lowest BCUT2D eigenvalue weighted by atomic mass is 9.96. The highest BCUT2D eigenvalue weighted by Gasteiger charge is 2.31. The minimum absolute atomic E-state index is 0.0586. The fourth-order valence-corrected chi connectivity index (χ4v) is 4.34. The minimum atomic E-state index is 0.0586. The van der Waals surface area contributed by atoms with Crippen LogP contribution in [-0.4, -0.2) is 59.6 Å². The van der Waals surface area contributed by atoms with Gasteiger partial charge in [-0.05, 0) is 18.4 Å². The summed E-state index contributed by atoms with van der Waals surface area (Å²) in [5, 5.41) is 0.940. The summed E-state index contributed by atoms with van der Waals surface area (Å²) in [4.78, 5) is 21.7. The number of carbonyl (C=O) groups is 1. The molecule has 0 spiro atoms. The molecule has 1 unspecified atom stereocenters. The van der Waals surface area contributed by atoms with E-state index in [4.69, 9.17) is 9.72 Å². The molecule has 7 heteroatoms. The van der Waals surface area contributed by atoms with Crippen LogP contribution in [0.2, 0.25) is 0 Å². The molecule has 0 aliphatic carbocycles. The normalized spacial score (nSPS) is 21.0. The Morgan fingerprint density at radius 3 is 2.81 bits per heavy atom. The van der Waals surface area contributed by atoms with Gasteiger partial charge in [-0.3, -0.25) is 4.79 Å². The molecular formula is C19H24N4O2S. The molecule has 1 amide bonds. The number of anilines is 1. The van der Waals surface area contributed by atoms with Crippen LogP contribution in [0.25, 0.3) is 0 Å². The van der Waals surface area contributed by atoms with Crippen LogP contribution in [0.15, 0.2) is 30.3 Å². The number of nitrogens with zero attached hydrogens (tertiary/aromatic N) is 4. The molecule has 0 bridgehead atoms. The molecule has 1 aromatic carbocycles. The van der Waals surface area contributed by atoms with Crippen LogP contribution in [0, 0.1) is 5.92 Å². The van der Waals surface area contributed by atoms with Gasteiger partial charge in [-0.2, -0.15) is 4.37 Å². The van der Waals surface area contributed by atoms with Crippen molar-refractivity contribution in [2.24, 2.45) is 5.92 Å². The van der Waals surface area contributed by atoms with Crippen LogP contribution in [0.4, 0.5) is 5.13 Å². The van der Waals surface area contributed by atoms with Gasteiger partial charge in [0.15, 0.2) is 0 Å². The number of benzene rings is 1. The van der Waals surface area contributed by atoms with Crippen molar-refractivity contribution < 1.29 is 9.53 Å². The Bertz CT molecular complexity index is 730. The van der Waals surface area contributed by atoms with E-state index in [1.54, 1.807) is 0 Å². The van der Waals surface area contributed by atoms with Crippen LogP contribution >= 0.6 is 11.5 Å². The van der Waals surface area contributed by atoms with Gasteiger partial charge in [0, 0.05) is 44.1 Å². The van der Waals surface area contributed by atoms with Gasteiger partial charge < -0.3 is 14.5 Å². The quantitative estimate of drug-likeness (QED) is 0.824. The van der Waals surface area contributed by atoms with Crippen molar-refractivity contribution >= 4 is 22.6 Å². The maximum absolute atomic E-state index is 12.8. The van der Waals surface area contributed by atoms with E-state index >= 15 is 0 Å². The Hall–Kier alpha value is -1.99. The van der Waals surface area contributed by atoms with Crippen molar-refractivity contribution in [2.75, 3.05) is 44.3 Å². The van der Waals surface area contributed by atoms with Crippen molar-refractivity contribution in [3.05, 3.63) is 41.7 Å². The molecule has 2 aliphatic rings. The minimum Gasteiger partial charge on any atom is -0.378 e. The maximum atomic E-state index is 12.8. The van der Waals surface area contributed by atoms with Gasteiger partial charge in [-0.1, -0.05) is 30.3 Å². The number of hydrogen-bond donors (Lipinski definition) is 0. The molecule has 1 atom stereocenters. The summed E-state index contributed by atoms with van der Waals surface area (Å²) in [6.07, 6.45) is 2.73. The second-order valence-corrected chi connectivity index (χ2v) is 7.61. The van der Waals surface area contributed by atoms with Crippen LogP contribution in [0.1, 0.15) is 24.2 Å². The molecule has 2 fully saturated rings. The van der Waals surface area contributed by atoms with Gasteiger partial charge in [0.25, 0.3) is 0 Å². The summed E-state index contributed by atoms with van der Waals surface area (Å²) in [6, 6.07) is 10.3. The molecule has 0 saturated carbocycles. The Morgan fingerprint density at radius 2 is 2.00 bits per heavy atom. The highest BCUT2D eigenvalue weighted by atomic mass is 32.1. The average molecular weight is 372 g/mol. The van der Waals surface area contributed by atoms with Gasteiger partial charge in [-0.25, -0.2) is 4.98 Å². The van der Waals surface area contributed by atoms with Crippen molar-refractivity contribution in [3.63, 3.8) is 0 Å². The Morgan fingerprint density at radius 1 is 1.19 bits per heavy atom. The van der Waals surface area contributed by atoms with Gasteiger partial charge >= 0.3 is 0 Å². The second-order valence-electron chi connectivity index (χ2n) is 6.88. The first kappa shape index (κ1) is 17.4. The van der Waals surface area contributed by atoms with E-state index in [-0.39, 0.29) is 11.8 Å². The molecule has 0 radical (unpaired) electrons. The summed E-state index contributed by atoms with van der Waals surface area (Å²) in [6.45, 7) is 4.44. The number of carbonyl (C=O) groups excluding carboxylic acids is 1. The van der Waals surface area contributed by atoms with Crippen molar-refractivity contribution in [3.8, 4) is 0 Å². The van der Waals surface area contributed by atoms with Crippen molar-refractivity contribution in [2.45, 2.75) is 19.3 Å². The van der Waals surface area contributed by atoms with Crippen LogP contribution in [-0.2, 0) is 16.0 Å². The zero-order valence-corrected chi connectivity index (χ0v) is 15.7. The molecular weight excluding hydrogens is 348 g/mol. The molecule has 6 nitrogen and oxygen atoms in total. The van der Waals surface area contributed by atoms with E-state index in [2.05, 4.69) is 21.4 Å². The third-order valence-electron chi connectivity index (χ3n) is 5.03. The number of morpholine rings is 1. The lowest BCUT2D eigenvalue weighted by Crippen LogP contribution is -2.48. The lowest BCUT2D eigenvalue weighted by molar-refractivity contribution is -0.139. The van der Waals surface area contributed by atoms with Gasteiger partial charge in [0.2, 0.25) is 11.0 Å². The number of hydrogen-bond acceptors (Lipinski definition) is 6. The maximum Gasteiger partial charge on any atom is 0.227 e. The molecule has 4 rings (SSSR count). The monoisotopic (exact) mass is 372 g/mol. The molecule has 2 aromatic rings. The van der Waals surface area contributed by atoms with E-state index in [1.165, 1.54) is 17.1 Å². The van der Waals surface area contributed by atoms with Gasteiger partial charge in [0.05, 0.1) is 19.1 Å². The first-order valence-electron chi connectivity index (χ1n) is 9.27. The molecule has 2 aliphatic heterocycles. The first-order valence-corrected chi connectivity index (χ1v) is 10.0. The van der Waals surface area contributed by atoms with Crippen LogP contribution in [0.5, 0.6) is 0 Å². The lowest BCUT2D eigenvalue weighted by Gasteiger charge is -2.35. The number of ether oxygens (including phenoxy) is 1. The van der Waals surface area contributed by atoms with E-state index in [0.29, 0.717) is 13.2 Å². The van der Waals surface area contributed by atoms with E-state index in [0.717, 1.165) is 56.4 Å².